The third kappa shape index (κ3) is 2.45. The minimum atomic E-state index is -0.164. The summed E-state index contributed by atoms with van der Waals surface area (Å²) in [5.74, 6) is 0. The van der Waals surface area contributed by atoms with Gasteiger partial charge >= 0.3 is 0 Å². The molecule has 0 radical (unpaired) electrons. The Balaban J connectivity index is 0.000000490. The van der Waals surface area contributed by atoms with Crippen LogP contribution in [0.25, 0.3) is 0 Å². The second-order valence-electron chi connectivity index (χ2n) is 1.11. The topological polar surface area (TPSA) is 45.8 Å². The van der Waals surface area contributed by atoms with Crippen molar-refractivity contribution in [1.29, 1.82) is 0 Å². The van der Waals surface area contributed by atoms with Gasteiger partial charge in [0.2, 0.25) is 0 Å². The van der Waals surface area contributed by atoms with Gasteiger partial charge in [0.25, 0.3) is 5.56 Å². The molecule has 0 unspecified atom stereocenters. The molecule has 8 heavy (non-hydrogen) atoms. The van der Waals surface area contributed by atoms with Gasteiger partial charge in [-0.15, -0.1) is 0 Å². The van der Waals surface area contributed by atoms with E-state index in [0.29, 0.717) is 0 Å². The average Bonchev–Trinajstić information content (AvgIpc) is 1.69. The van der Waals surface area contributed by atoms with Crippen LogP contribution in [-0.4, -0.2) is 10.2 Å². The summed E-state index contributed by atoms with van der Waals surface area (Å²) in [4.78, 5) is 10.2. The molecule has 0 aromatic carbocycles. The van der Waals surface area contributed by atoms with E-state index in [2.05, 4.69) is 10.2 Å². The molecule has 1 rings (SSSR count). The number of rotatable bonds is 0. The molecular weight excluding hydrogens is 132 g/mol. The number of nitrogens with zero attached hydrogens (tertiary/aromatic N) is 1. The first-order valence-corrected chi connectivity index (χ1v) is 1.89. The molecule has 0 saturated heterocycles. The van der Waals surface area contributed by atoms with E-state index < -0.39 is 0 Å². The van der Waals surface area contributed by atoms with Crippen LogP contribution >= 0.6 is 0 Å². The molecule has 0 fully saturated rings. The van der Waals surface area contributed by atoms with Crippen LogP contribution in [0.1, 0.15) is 0 Å². The van der Waals surface area contributed by atoms with Crippen LogP contribution in [0.4, 0.5) is 0 Å². The van der Waals surface area contributed by atoms with Crippen molar-refractivity contribution in [3.8, 4) is 0 Å². The quantitative estimate of drug-likeness (QED) is 0.535. The summed E-state index contributed by atoms with van der Waals surface area (Å²) in [6.07, 6.45) is 1.52. The Morgan fingerprint density at radius 2 is 2.38 bits per heavy atom. The van der Waals surface area contributed by atoms with Gasteiger partial charge in [-0.05, 0) is 6.07 Å². The molecule has 0 amide bonds. The molecule has 0 atom stereocenters. The minimum absolute atomic E-state index is 0. The zero-order chi connectivity index (χ0) is 5.11. The average molecular weight is 136 g/mol. The Morgan fingerprint density at radius 3 is 2.62 bits per heavy atom. The van der Waals surface area contributed by atoms with Crippen LogP contribution in [0.15, 0.2) is 23.1 Å². The summed E-state index contributed by atoms with van der Waals surface area (Å²) in [5.41, 5.74) is -0.164. The first-order valence-electron chi connectivity index (χ1n) is 1.89. The smallest absolute Gasteiger partial charge is 0.264 e. The third-order valence-corrected chi connectivity index (χ3v) is 0.583. The minimum Gasteiger partial charge on any atom is -0.268 e. The van der Waals surface area contributed by atoms with Crippen molar-refractivity contribution in [2.45, 2.75) is 0 Å². The van der Waals surface area contributed by atoms with Gasteiger partial charge in [-0.2, -0.15) is 5.10 Å². The molecule has 0 spiro atoms. The van der Waals surface area contributed by atoms with Gasteiger partial charge in [-0.3, -0.25) is 4.79 Å². The Labute approximate surface area is 76.1 Å². The maximum Gasteiger partial charge on any atom is 0.264 e. The van der Waals surface area contributed by atoms with Gasteiger partial charge in [0.05, 0.1) is 0 Å². The van der Waals surface area contributed by atoms with Crippen LogP contribution in [-0.2, 0) is 0 Å². The van der Waals surface area contributed by atoms with Crippen LogP contribution in [0.2, 0.25) is 0 Å². The maximum absolute atomic E-state index is 10.2. The molecule has 0 aliphatic carbocycles. The SMILES string of the molecule is O=c1cccn[nH]1.[Ar]. The van der Waals surface area contributed by atoms with E-state index in [1.54, 1.807) is 6.07 Å². The van der Waals surface area contributed by atoms with E-state index in [4.69, 9.17) is 0 Å². The van der Waals surface area contributed by atoms with Crippen molar-refractivity contribution >= 4 is 0 Å². The number of hydrogen-bond donors (Lipinski definition) is 1. The van der Waals surface area contributed by atoms with Crippen molar-refractivity contribution in [2.75, 3.05) is 0 Å². The molecule has 1 heterocycles. The molecule has 0 bridgehead atoms. The Hall–Kier alpha value is 0.140. The molecule has 1 aromatic heterocycles. The molecule has 3 nitrogen and oxygen atoms in total. The van der Waals surface area contributed by atoms with E-state index in [1.165, 1.54) is 12.3 Å². The van der Waals surface area contributed by atoms with E-state index in [9.17, 15) is 4.79 Å². The van der Waals surface area contributed by atoms with Gasteiger partial charge in [0.1, 0.15) is 0 Å². The summed E-state index contributed by atoms with van der Waals surface area (Å²) < 4.78 is 0. The van der Waals surface area contributed by atoms with Gasteiger partial charge in [-0.1, -0.05) is 0 Å². The fourth-order valence-electron chi connectivity index (χ4n) is 0.312. The molecule has 4 heteroatoms. The van der Waals surface area contributed by atoms with Gasteiger partial charge in [0.15, 0.2) is 0 Å². The van der Waals surface area contributed by atoms with Gasteiger partial charge < -0.3 is 0 Å². The fraction of sp³-hybridized carbons (Fsp3) is 0. The summed E-state index contributed by atoms with van der Waals surface area (Å²) >= 11 is 0. The Bertz CT molecular complexity index is 180. The second kappa shape index (κ2) is 4.06. The van der Waals surface area contributed by atoms with Crippen LogP contribution in [0, 0.1) is 37.7 Å². The Morgan fingerprint density at radius 1 is 1.62 bits per heavy atom. The monoisotopic (exact) mass is 136 g/mol. The normalized spacial score (nSPS) is 7.50. The summed E-state index contributed by atoms with van der Waals surface area (Å²) in [6.45, 7) is 0. The molecular formula is C4H4ArN2O. The number of aromatic amines is 1. The molecule has 0 aliphatic rings. The van der Waals surface area contributed by atoms with Crippen LogP contribution in [0.3, 0.4) is 0 Å². The first-order chi connectivity index (χ1) is 3.39. The second-order valence-corrected chi connectivity index (χ2v) is 1.11. The zero-order valence-electron chi connectivity index (χ0n) is 3.94. The fourth-order valence-corrected chi connectivity index (χ4v) is 0.312. The van der Waals surface area contributed by atoms with Crippen LogP contribution < -0.4 is 5.56 Å². The molecule has 0 saturated carbocycles. The van der Waals surface area contributed by atoms with E-state index in [-0.39, 0.29) is 43.3 Å². The number of nitrogens with one attached hydrogen (secondary N) is 1. The summed E-state index contributed by atoms with van der Waals surface area (Å²) in [7, 11) is 0. The third-order valence-electron chi connectivity index (χ3n) is 0.583. The van der Waals surface area contributed by atoms with E-state index in [1.807, 2.05) is 0 Å². The summed E-state index contributed by atoms with van der Waals surface area (Å²) in [5, 5.41) is 5.67. The predicted octanol–water partition coefficient (Wildman–Crippen LogP) is -0.230. The number of H-pyrrole nitrogens is 1. The molecule has 44 valence electrons. The van der Waals surface area contributed by atoms with Crippen molar-refractivity contribution in [2.24, 2.45) is 0 Å². The van der Waals surface area contributed by atoms with Gasteiger partial charge in [0, 0.05) is 50.0 Å². The van der Waals surface area contributed by atoms with Crippen molar-refractivity contribution in [3.63, 3.8) is 0 Å². The van der Waals surface area contributed by atoms with Crippen molar-refractivity contribution in [1.82, 2.24) is 10.2 Å². The molecule has 1 N–H and O–H groups in total. The van der Waals surface area contributed by atoms with Gasteiger partial charge in [-0.25, -0.2) is 5.10 Å². The number of hydrogen-bond acceptors (Lipinski definition) is 2. The first kappa shape index (κ1) is 8.14. The predicted molar refractivity (Wildman–Crippen MR) is 24.9 cm³/mol. The zero-order valence-corrected chi connectivity index (χ0v) is 4.65. The maximum atomic E-state index is 10.2. The summed E-state index contributed by atoms with van der Waals surface area (Å²) in [6, 6.07) is 2.99. The largest absolute Gasteiger partial charge is 0.268 e. The standard InChI is InChI=1S/C4H4N2O.Ar/c7-4-2-1-3-5-6-4;/h1-3H,(H,6,7);. The van der Waals surface area contributed by atoms with Crippen molar-refractivity contribution < 1.29 is 37.7 Å². The Kier molecular flexibility index (Phi) is 4.13. The van der Waals surface area contributed by atoms with E-state index in [0.717, 1.165) is 0 Å². The molecule has 0 aliphatic heterocycles. The van der Waals surface area contributed by atoms with E-state index >= 15 is 0 Å². The number of aromatic nitrogens is 2. The van der Waals surface area contributed by atoms with Crippen molar-refractivity contribution in [3.05, 3.63) is 28.7 Å². The van der Waals surface area contributed by atoms with Crippen LogP contribution in [0.5, 0.6) is 0 Å². The molecule has 1 aromatic rings.